The Bertz CT molecular complexity index is 541. The van der Waals surface area contributed by atoms with E-state index in [9.17, 15) is 0 Å². The molecule has 0 aromatic heterocycles. The lowest BCUT2D eigenvalue weighted by molar-refractivity contribution is 0.354. The molecule has 0 spiro atoms. The third kappa shape index (κ3) is 6.18. The summed E-state index contributed by atoms with van der Waals surface area (Å²) in [6.45, 7) is 18.4. The molecule has 0 fully saturated rings. The van der Waals surface area contributed by atoms with Gasteiger partial charge in [0.05, 0.1) is 5.76 Å². The van der Waals surface area contributed by atoms with Gasteiger partial charge in [0, 0.05) is 6.42 Å². The maximum Gasteiger partial charge on any atom is 0.258 e. The minimum Gasteiger partial charge on any atom is -0.546 e. The normalized spacial score (nSPS) is 12.8. The molecule has 0 saturated carbocycles. The van der Waals surface area contributed by atoms with Crippen molar-refractivity contribution in [2.45, 2.75) is 84.9 Å². The second-order valence-electron chi connectivity index (χ2n) is 8.28. The molecule has 0 N–H and O–H groups in total. The van der Waals surface area contributed by atoms with E-state index in [1.165, 1.54) is 11.1 Å². The molecule has 1 rings (SSSR count). The van der Waals surface area contributed by atoms with Gasteiger partial charge in [-0.05, 0) is 48.5 Å². The van der Waals surface area contributed by atoms with Gasteiger partial charge in [0.1, 0.15) is 0 Å². The average Bonchev–Trinajstić information content (AvgIpc) is 2.53. The third-order valence-corrected chi connectivity index (χ3v) is 11.2. The standard InChI is InChI=1S/C23H38OSi/c1-18(2)14-16-23(17-15-22-12-10-9-11-13-22)24-25(19(3)4,20(5)6)21(7)8/h9-14,16,19-21H,15,17H2,1-8H3/b23-16-. The molecule has 140 valence electrons. The molecule has 0 aliphatic carbocycles. The highest BCUT2D eigenvalue weighted by Gasteiger charge is 2.47. The number of benzene rings is 1. The van der Waals surface area contributed by atoms with Crippen LogP contribution in [0.5, 0.6) is 0 Å². The monoisotopic (exact) mass is 358 g/mol. The number of rotatable bonds is 9. The summed E-state index contributed by atoms with van der Waals surface area (Å²) in [5, 5.41) is 0. The lowest BCUT2D eigenvalue weighted by Gasteiger charge is -2.43. The highest BCUT2D eigenvalue weighted by molar-refractivity contribution is 6.77. The van der Waals surface area contributed by atoms with Gasteiger partial charge in [0.25, 0.3) is 8.32 Å². The summed E-state index contributed by atoms with van der Waals surface area (Å²) in [5.41, 5.74) is 4.48. The van der Waals surface area contributed by atoms with Gasteiger partial charge < -0.3 is 4.43 Å². The first-order chi connectivity index (χ1) is 11.7. The van der Waals surface area contributed by atoms with Gasteiger partial charge in [-0.2, -0.15) is 0 Å². The van der Waals surface area contributed by atoms with Gasteiger partial charge in [-0.3, -0.25) is 0 Å². The van der Waals surface area contributed by atoms with E-state index in [2.05, 4.69) is 97.9 Å². The van der Waals surface area contributed by atoms with Crippen molar-refractivity contribution in [3.8, 4) is 0 Å². The fraction of sp³-hybridized carbons (Fsp3) is 0.565. The molecule has 0 amide bonds. The molecule has 2 heteroatoms. The molecule has 0 heterocycles. The fourth-order valence-electron chi connectivity index (χ4n) is 3.92. The Kier molecular flexibility index (Phi) is 8.71. The molecule has 0 saturated heterocycles. The summed E-state index contributed by atoms with van der Waals surface area (Å²) < 4.78 is 6.95. The summed E-state index contributed by atoms with van der Waals surface area (Å²) in [6, 6.07) is 10.7. The maximum absolute atomic E-state index is 6.95. The minimum atomic E-state index is -1.90. The van der Waals surface area contributed by atoms with E-state index in [4.69, 9.17) is 4.43 Å². The Labute approximate surface area is 157 Å². The van der Waals surface area contributed by atoms with Crippen molar-refractivity contribution in [1.82, 2.24) is 0 Å². The van der Waals surface area contributed by atoms with Crippen LogP contribution in [0.4, 0.5) is 0 Å². The molecule has 0 aliphatic rings. The van der Waals surface area contributed by atoms with Crippen LogP contribution in [-0.2, 0) is 10.8 Å². The van der Waals surface area contributed by atoms with E-state index in [0.29, 0.717) is 16.6 Å². The van der Waals surface area contributed by atoms with E-state index in [-0.39, 0.29) is 0 Å². The molecular formula is C23H38OSi. The van der Waals surface area contributed by atoms with Crippen LogP contribution in [0.3, 0.4) is 0 Å². The molecule has 1 nitrogen and oxygen atoms in total. The second-order valence-corrected chi connectivity index (χ2v) is 13.7. The maximum atomic E-state index is 6.95. The Balaban J connectivity index is 3.09. The van der Waals surface area contributed by atoms with Gasteiger partial charge in [-0.1, -0.05) is 83.5 Å². The first kappa shape index (κ1) is 21.8. The van der Waals surface area contributed by atoms with Crippen molar-refractivity contribution in [3.05, 3.63) is 59.4 Å². The smallest absolute Gasteiger partial charge is 0.258 e. The van der Waals surface area contributed by atoms with Crippen molar-refractivity contribution in [2.75, 3.05) is 0 Å². The van der Waals surface area contributed by atoms with Gasteiger partial charge in [-0.25, -0.2) is 0 Å². The predicted molar refractivity (Wildman–Crippen MR) is 114 cm³/mol. The Morgan fingerprint density at radius 2 is 1.40 bits per heavy atom. The van der Waals surface area contributed by atoms with Crippen LogP contribution < -0.4 is 0 Å². The lowest BCUT2D eigenvalue weighted by Crippen LogP contribution is -2.47. The largest absolute Gasteiger partial charge is 0.546 e. The zero-order valence-corrected chi connectivity index (χ0v) is 18.6. The molecular weight excluding hydrogens is 320 g/mol. The minimum absolute atomic E-state index is 0.597. The SMILES string of the molecule is CC(C)=C/C=C(/CCc1ccccc1)O[Si](C(C)C)(C(C)C)C(C)C. The quantitative estimate of drug-likeness (QED) is 0.250. The summed E-state index contributed by atoms with van der Waals surface area (Å²) in [4.78, 5) is 0. The first-order valence-electron chi connectivity index (χ1n) is 9.77. The highest BCUT2D eigenvalue weighted by atomic mass is 28.4. The topological polar surface area (TPSA) is 9.23 Å². The first-order valence-corrected chi connectivity index (χ1v) is 11.9. The second kappa shape index (κ2) is 10.0. The zero-order valence-electron chi connectivity index (χ0n) is 17.6. The Morgan fingerprint density at radius 1 is 0.880 bits per heavy atom. The van der Waals surface area contributed by atoms with Crippen molar-refractivity contribution in [3.63, 3.8) is 0 Å². The van der Waals surface area contributed by atoms with Crippen LogP contribution in [0.15, 0.2) is 53.8 Å². The molecule has 0 unspecified atom stereocenters. The van der Waals surface area contributed by atoms with Gasteiger partial charge in [0.15, 0.2) is 0 Å². The Hall–Kier alpha value is -1.28. The van der Waals surface area contributed by atoms with Crippen LogP contribution in [0.1, 0.15) is 67.4 Å². The average molecular weight is 359 g/mol. The van der Waals surface area contributed by atoms with Crippen LogP contribution in [0, 0.1) is 0 Å². The van der Waals surface area contributed by atoms with E-state index in [0.717, 1.165) is 18.6 Å². The summed E-state index contributed by atoms with van der Waals surface area (Å²) in [6.07, 6.45) is 6.41. The van der Waals surface area contributed by atoms with Crippen molar-refractivity contribution < 1.29 is 4.43 Å². The van der Waals surface area contributed by atoms with Gasteiger partial charge in [-0.15, -0.1) is 0 Å². The van der Waals surface area contributed by atoms with Crippen LogP contribution in [-0.4, -0.2) is 8.32 Å². The molecule has 0 atom stereocenters. The van der Waals surface area contributed by atoms with Crippen molar-refractivity contribution in [1.29, 1.82) is 0 Å². The molecule has 0 radical (unpaired) electrons. The summed E-state index contributed by atoms with van der Waals surface area (Å²) >= 11 is 0. The Morgan fingerprint density at radius 3 is 1.84 bits per heavy atom. The third-order valence-electron chi connectivity index (χ3n) is 5.12. The summed E-state index contributed by atoms with van der Waals surface area (Å²) in [7, 11) is -1.90. The van der Waals surface area contributed by atoms with E-state index < -0.39 is 8.32 Å². The number of allylic oxidation sites excluding steroid dienone is 4. The number of aryl methyl sites for hydroxylation is 1. The van der Waals surface area contributed by atoms with E-state index >= 15 is 0 Å². The van der Waals surface area contributed by atoms with Crippen molar-refractivity contribution >= 4 is 8.32 Å². The molecule has 25 heavy (non-hydrogen) atoms. The summed E-state index contributed by atoms with van der Waals surface area (Å²) in [5.74, 6) is 1.16. The van der Waals surface area contributed by atoms with E-state index in [1.54, 1.807) is 0 Å². The van der Waals surface area contributed by atoms with Crippen molar-refractivity contribution in [2.24, 2.45) is 0 Å². The zero-order chi connectivity index (χ0) is 19.0. The fourth-order valence-corrected chi connectivity index (χ4v) is 9.25. The number of hydrogen-bond acceptors (Lipinski definition) is 1. The molecule has 1 aromatic rings. The van der Waals surface area contributed by atoms with Gasteiger partial charge in [0.2, 0.25) is 0 Å². The van der Waals surface area contributed by atoms with Crippen LogP contribution in [0.2, 0.25) is 16.6 Å². The van der Waals surface area contributed by atoms with Crippen LogP contribution >= 0.6 is 0 Å². The van der Waals surface area contributed by atoms with Crippen LogP contribution in [0.25, 0.3) is 0 Å². The molecule has 1 aromatic carbocycles. The molecule has 0 aliphatic heterocycles. The van der Waals surface area contributed by atoms with E-state index in [1.807, 2.05) is 0 Å². The van der Waals surface area contributed by atoms with Gasteiger partial charge >= 0.3 is 0 Å². The predicted octanol–water partition coefficient (Wildman–Crippen LogP) is 7.66. The highest BCUT2D eigenvalue weighted by Crippen LogP contribution is 2.44. The lowest BCUT2D eigenvalue weighted by atomic mass is 10.1. The number of hydrogen-bond donors (Lipinski definition) is 0. The molecule has 0 bridgehead atoms.